The van der Waals surface area contributed by atoms with Gasteiger partial charge in [0.05, 0.1) is 6.61 Å². The van der Waals surface area contributed by atoms with Crippen LogP contribution in [0.3, 0.4) is 0 Å². The molecule has 19 heavy (non-hydrogen) atoms. The van der Waals surface area contributed by atoms with Crippen molar-refractivity contribution in [2.24, 2.45) is 0 Å². The quantitative estimate of drug-likeness (QED) is 0.382. The fraction of sp³-hybridized carbons (Fsp3) is 0.250. The van der Waals surface area contributed by atoms with Gasteiger partial charge < -0.3 is 14.5 Å². The molecule has 2 N–H and O–H groups in total. The van der Waals surface area contributed by atoms with E-state index in [1.165, 1.54) is 6.92 Å². The Hall–Kier alpha value is -1.46. The maximum atomic E-state index is 11.0. The van der Waals surface area contributed by atoms with Gasteiger partial charge in [-0.15, -0.1) is 0 Å². The van der Waals surface area contributed by atoms with Gasteiger partial charge >= 0.3 is 13.8 Å². The molecular formula is C12H17O6P. The van der Waals surface area contributed by atoms with E-state index >= 15 is 0 Å². The average molecular weight is 288 g/mol. The number of hydrogen-bond acceptors (Lipinski definition) is 4. The standard InChI is InChI=1S/C10H10O2.C2H7O4P/c1-8(2)10(11)12-9-6-4-3-5-7-9;1-2-6-7(3,4)5/h3-7H,1H2,2H3;2H2,1H3,(H2,3,4,5). The largest absolute Gasteiger partial charge is 0.469 e. The molecule has 1 aromatic rings. The smallest absolute Gasteiger partial charge is 0.423 e. The zero-order valence-electron chi connectivity index (χ0n) is 10.8. The molecule has 0 saturated heterocycles. The average Bonchev–Trinajstić information content (AvgIpc) is 2.29. The van der Waals surface area contributed by atoms with Crippen LogP contribution in [0.4, 0.5) is 0 Å². The lowest BCUT2D eigenvalue weighted by Gasteiger charge is -2.01. The van der Waals surface area contributed by atoms with E-state index in [1.54, 1.807) is 31.2 Å². The SMILES string of the molecule is C=C(C)C(=O)Oc1ccccc1.CCOP(=O)(O)O. The number of rotatable bonds is 4. The molecule has 1 aromatic carbocycles. The van der Waals surface area contributed by atoms with Crippen LogP contribution in [0.15, 0.2) is 42.5 Å². The van der Waals surface area contributed by atoms with E-state index in [1.807, 2.05) is 6.07 Å². The Morgan fingerprint density at radius 2 is 1.84 bits per heavy atom. The molecule has 0 atom stereocenters. The van der Waals surface area contributed by atoms with E-state index in [0.717, 1.165) is 0 Å². The Labute approximate surface area is 111 Å². The van der Waals surface area contributed by atoms with E-state index in [-0.39, 0.29) is 12.6 Å². The summed E-state index contributed by atoms with van der Waals surface area (Å²) < 4.78 is 18.5. The second-order valence-electron chi connectivity index (χ2n) is 3.39. The Kier molecular flexibility index (Phi) is 7.95. The van der Waals surface area contributed by atoms with Gasteiger partial charge in [-0.2, -0.15) is 0 Å². The molecule has 106 valence electrons. The highest BCUT2D eigenvalue weighted by Crippen LogP contribution is 2.34. The number of para-hydroxylation sites is 1. The van der Waals surface area contributed by atoms with Crippen molar-refractivity contribution in [2.75, 3.05) is 6.61 Å². The molecule has 0 aromatic heterocycles. The Morgan fingerprint density at radius 3 is 2.16 bits per heavy atom. The summed E-state index contributed by atoms with van der Waals surface area (Å²) >= 11 is 0. The molecule has 6 nitrogen and oxygen atoms in total. The van der Waals surface area contributed by atoms with Crippen LogP contribution in [0.25, 0.3) is 0 Å². The highest BCUT2D eigenvalue weighted by atomic mass is 31.2. The van der Waals surface area contributed by atoms with Gasteiger partial charge in [0.15, 0.2) is 0 Å². The Balaban J connectivity index is 0.000000399. The third-order valence-corrected chi connectivity index (χ3v) is 2.19. The van der Waals surface area contributed by atoms with E-state index in [2.05, 4.69) is 11.1 Å². The lowest BCUT2D eigenvalue weighted by Crippen LogP contribution is -2.07. The molecule has 0 heterocycles. The van der Waals surface area contributed by atoms with Crippen molar-refractivity contribution in [2.45, 2.75) is 13.8 Å². The van der Waals surface area contributed by atoms with Crippen LogP contribution >= 0.6 is 7.82 Å². The Bertz CT molecular complexity index is 451. The van der Waals surface area contributed by atoms with Crippen molar-refractivity contribution in [1.82, 2.24) is 0 Å². The van der Waals surface area contributed by atoms with Gasteiger partial charge in [-0.05, 0) is 26.0 Å². The molecular weight excluding hydrogens is 271 g/mol. The predicted molar refractivity (Wildman–Crippen MR) is 70.6 cm³/mol. The summed E-state index contributed by atoms with van der Waals surface area (Å²) in [5.74, 6) is 0.159. The summed E-state index contributed by atoms with van der Waals surface area (Å²) in [6.45, 7) is 6.65. The third kappa shape index (κ3) is 10.2. The molecule has 0 saturated carbocycles. The molecule has 0 aliphatic rings. The first-order chi connectivity index (χ1) is 8.76. The van der Waals surface area contributed by atoms with Crippen molar-refractivity contribution in [3.05, 3.63) is 42.5 Å². The number of benzene rings is 1. The molecule has 0 bridgehead atoms. The lowest BCUT2D eigenvalue weighted by atomic mass is 10.3. The molecule has 0 aliphatic heterocycles. The first kappa shape index (κ1) is 17.5. The third-order valence-electron chi connectivity index (χ3n) is 1.60. The number of ether oxygens (including phenoxy) is 1. The summed E-state index contributed by atoms with van der Waals surface area (Å²) in [6.07, 6.45) is 0. The first-order valence-electron chi connectivity index (χ1n) is 5.39. The number of phosphoric ester groups is 1. The molecule has 0 amide bonds. The number of hydrogen-bond donors (Lipinski definition) is 2. The normalized spacial score (nSPS) is 10.1. The number of phosphoric acid groups is 1. The summed E-state index contributed by atoms with van der Waals surface area (Å²) in [6, 6.07) is 8.92. The maximum absolute atomic E-state index is 11.0. The molecule has 0 fully saturated rings. The monoisotopic (exact) mass is 288 g/mol. The van der Waals surface area contributed by atoms with Crippen LogP contribution in [0.1, 0.15) is 13.8 Å². The fourth-order valence-corrected chi connectivity index (χ4v) is 1.19. The predicted octanol–water partition coefficient (Wildman–Crippen LogP) is 2.28. The van der Waals surface area contributed by atoms with Gasteiger partial charge in [-0.1, -0.05) is 24.8 Å². The number of carbonyl (C=O) groups excluding carboxylic acids is 1. The Morgan fingerprint density at radius 1 is 1.32 bits per heavy atom. The van der Waals surface area contributed by atoms with E-state index in [0.29, 0.717) is 11.3 Å². The van der Waals surface area contributed by atoms with Crippen LogP contribution < -0.4 is 4.74 Å². The minimum atomic E-state index is -4.17. The van der Waals surface area contributed by atoms with Crippen LogP contribution in [-0.4, -0.2) is 22.4 Å². The van der Waals surface area contributed by atoms with Gasteiger partial charge in [0.25, 0.3) is 0 Å². The van der Waals surface area contributed by atoms with Crippen molar-refractivity contribution in [3.8, 4) is 5.75 Å². The molecule has 0 unspecified atom stereocenters. The van der Waals surface area contributed by atoms with Crippen LogP contribution in [-0.2, 0) is 13.9 Å². The first-order valence-corrected chi connectivity index (χ1v) is 6.92. The van der Waals surface area contributed by atoms with E-state index in [4.69, 9.17) is 14.5 Å². The number of esters is 1. The van der Waals surface area contributed by atoms with Gasteiger partial charge in [0.1, 0.15) is 5.75 Å². The lowest BCUT2D eigenvalue weighted by molar-refractivity contribution is -0.130. The minimum absolute atomic E-state index is 0.0459. The fourth-order valence-electron chi connectivity index (χ4n) is 0.851. The topological polar surface area (TPSA) is 93.1 Å². The van der Waals surface area contributed by atoms with Crippen molar-refractivity contribution >= 4 is 13.8 Å². The van der Waals surface area contributed by atoms with Crippen LogP contribution in [0.2, 0.25) is 0 Å². The van der Waals surface area contributed by atoms with Gasteiger partial charge in [0.2, 0.25) is 0 Å². The summed E-state index contributed by atoms with van der Waals surface area (Å²) in [5, 5.41) is 0. The molecule has 7 heteroatoms. The van der Waals surface area contributed by atoms with Gasteiger partial charge in [0, 0.05) is 5.57 Å². The zero-order chi connectivity index (χ0) is 14.9. The second-order valence-corrected chi connectivity index (χ2v) is 4.63. The van der Waals surface area contributed by atoms with Crippen LogP contribution in [0.5, 0.6) is 5.75 Å². The molecule has 0 radical (unpaired) electrons. The molecule has 0 spiro atoms. The zero-order valence-corrected chi connectivity index (χ0v) is 11.7. The maximum Gasteiger partial charge on any atom is 0.469 e. The highest BCUT2D eigenvalue weighted by molar-refractivity contribution is 7.46. The highest BCUT2D eigenvalue weighted by Gasteiger charge is 2.10. The molecule has 0 aliphatic carbocycles. The van der Waals surface area contributed by atoms with Gasteiger partial charge in [-0.25, -0.2) is 9.36 Å². The number of carbonyl (C=O) groups is 1. The van der Waals surface area contributed by atoms with Crippen molar-refractivity contribution < 1.29 is 28.4 Å². The second kappa shape index (κ2) is 8.61. The molecule has 1 rings (SSSR count). The van der Waals surface area contributed by atoms with Gasteiger partial charge in [-0.3, -0.25) is 4.52 Å². The van der Waals surface area contributed by atoms with Crippen molar-refractivity contribution in [1.29, 1.82) is 0 Å². The summed E-state index contributed by atoms with van der Waals surface area (Å²) in [4.78, 5) is 26.8. The summed E-state index contributed by atoms with van der Waals surface area (Å²) in [7, 11) is -4.17. The van der Waals surface area contributed by atoms with Crippen LogP contribution in [0, 0.1) is 0 Å². The van der Waals surface area contributed by atoms with Crippen molar-refractivity contribution in [3.63, 3.8) is 0 Å². The van der Waals surface area contributed by atoms with E-state index < -0.39 is 7.82 Å². The van der Waals surface area contributed by atoms with E-state index in [9.17, 15) is 9.36 Å². The summed E-state index contributed by atoms with van der Waals surface area (Å²) in [5.41, 5.74) is 0.402. The minimum Gasteiger partial charge on any atom is -0.423 e.